The van der Waals surface area contributed by atoms with Crippen molar-refractivity contribution in [2.45, 2.75) is 0 Å². The summed E-state index contributed by atoms with van der Waals surface area (Å²) in [6, 6.07) is 0. The van der Waals surface area contributed by atoms with Gasteiger partial charge in [-0.1, -0.05) is 10.2 Å². The van der Waals surface area contributed by atoms with Gasteiger partial charge in [0.1, 0.15) is 0 Å². The van der Waals surface area contributed by atoms with E-state index < -0.39 is 0 Å². The second kappa shape index (κ2) is 2.36. The molecule has 2 aromatic rings. The molecule has 0 spiro atoms. The van der Waals surface area contributed by atoms with Crippen LogP contribution in [0.25, 0.3) is 5.95 Å². The largest absolute Gasteiger partial charge is 0.367 e. The predicted molar refractivity (Wildman–Crippen MR) is 37.1 cm³/mol. The highest BCUT2D eigenvalue weighted by atomic mass is 15.6. The highest BCUT2D eigenvalue weighted by Crippen LogP contribution is 1.89. The van der Waals surface area contributed by atoms with Crippen LogP contribution in [0, 0.1) is 0 Å². The zero-order valence-corrected chi connectivity index (χ0v) is 6.79. The first-order valence-electron chi connectivity index (χ1n) is 3.40. The number of aromatic nitrogens is 7. The van der Waals surface area contributed by atoms with E-state index in [9.17, 15) is 0 Å². The summed E-state index contributed by atoms with van der Waals surface area (Å²) in [5.41, 5.74) is 0. The maximum atomic E-state index is 4.00. The summed E-state index contributed by atoms with van der Waals surface area (Å²) in [7, 11) is 3.58. The first-order chi connectivity index (χ1) is 5.75. The van der Waals surface area contributed by atoms with E-state index in [0.717, 1.165) is 0 Å². The quantitative estimate of drug-likeness (QED) is 0.470. The number of nitrogens with zero attached hydrogens (tertiary/aromatic N) is 7. The minimum absolute atomic E-state index is 0.470. The molecule has 2 heterocycles. The Morgan fingerprint density at radius 2 is 2.33 bits per heavy atom. The third kappa shape index (κ3) is 1.04. The van der Waals surface area contributed by atoms with Gasteiger partial charge in [-0.2, -0.15) is 4.80 Å². The van der Waals surface area contributed by atoms with Gasteiger partial charge < -0.3 is 0 Å². The minimum atomic E-state index is 0.470. The Morgan fingerprint density at radius 3 is 2.83 bits per heavy atom. The standard InChI is InChI=1S/C5H8N7/c1-10-3-6-12(4-10)5-7-9-11(2)8-5/h3-4H,1-2H3/q+1. The van der Waals surface area contributed by atoms with Crippen LogP contribution in [0.2, 0.25) is 0 Å². The lowest BCUT2D eigenvalue weighted by atomic mass is 11.0. The van der Waals surface area contributed by atoms with Crippen LogP contribution in [-0.2, 0) is 14.1 Å². The molecule has 0 saturated carbocycles. The molecule has 7 heteroatoms. The fourth-order valence-corrected chi connectivity index (χ4v) is 0.838. The van der Waals surface area contributed by atoms with Crippen LogP contribution in [0.4, 0.5) is 0 Å². The molecule has 0 amide bonds. The van der Waals surface area contributed by atoms with E-state index in [2.05, 4.69) is 20.5 Å². The molecule has 0 aromatic carbocycles. The van der Waals surface area contributed by atoms with Gasteiger partial charge in [0.05, 0.1) is 14.1 Å². The summed E-state index contributed by atoms with van der Waals surface area (Å²) in [6.07, 6.45) is 3.42. The Balaban J connectivity index is 2.43. The van der Waals surface area contributed by atoms with Crippen molar-refractivity contribution in [2.24, 2.45) is 14.1 Å². The van der Waals surface area contributed by atoms with Crippen LogP contribution in [0.3, 0.4) is 0 Å². The SMILES string of the molecule is Cn1nnc(-n2c[n+](C)cn2)n1. The Kier molecular flexibility index (Phi) is 1.36. The first kappa shape index (κ1) is 6.89. The molecule has 2 aromatic heterocycles. The van der Waals surface area contributed by atoms with E-state index in [1.807, 2.05) is 7.05 Å². The lowest BCUT2D eigenvalue weighted by Gasteiger charge is -1.78. The van der Waals surface area contributed by atoms with Crippen molar-refractivity contribution in [3.8, 4) is 5.95 Å². The second-order valence-electron chi connectivity index (χ2n) is 2.44. The highest BCUT2D eigenvalue weighted by molar-refractivity contribution is 4.97. The summed E-state index contributed by atoms with van der Waals surface area (Å²) in [6.45, 7) is 0. The van der Waals surface area contributed by atoms with Crippen LogP contribution in [0.1, 0.15) is 0 Å². The molecule has 0 saturated heterocycles. The molecule has 0 unspecified atom stereocenters. The van der Waals surface area contributed by atoms with E-state index in [1.165, 1.54) is 4.80 Å². The normalized spacial score (nSPS) is 10.5. The molecule has 2 rings (SSSR count). The van der Waals surface area contributed by atoms with Gasteiger partial charge in [0.2, 0.25) is 6.33 Å². The lowest BCUT2D eigenvalue weighted by molar-refractivity contribution is -0.672. The number of aryl methyl sites for hydroxylation is 2. The molecule has 0 aliphatic carbocycles. The van der Waals surface area contributed by atoms with Gasteiger partial charge in [-0.25, -0.2) is 4.57 Å². The van der Waals surface area contributed by atoms with E-state index >= 15 is 0 Å². The molecular weight excluding hydrogens is 158 g/mol. The van der Waals surface area contributed by atoms with Gasteiger partial charge in [0.25, 0.3) is 6.33 Å². The lowest BCUT2D eigenvalue weighted by Crippen LogP contribution is -2.23. The van der Waals surface area contributed by atoms with Crippen molar-refractivity contribution < 1.29 is 4.57 Å². The number of rotatable bonds is 1. The van der Waals surface area contributed by atoms with Crippen molar-refractivity contribution in [1.82, 2.24) is 30.0 Å². The minimum Gasteiger partial charge on any atom is -0.240 e. The van der Waals surface area contributed by atoms with Gasteiger partial charge in [0, 0.05) is 5.10 Å². The van der Waals surface area contributed by atoms with Crippen LogP contribution in [0.5, 0.6) is 0 Å². The molecule has 0 aliphatic rings. The maximum Gasteiger partial charge on any atom is 0.367 e. The molecule has 7 nitrogen and oxygen atoms in total. The van der Waals surface area contributed by atoms with Crippen molar-refractivity contribution in [3.05, 3.63) is 12.7 Å². The zero-order valence-electron chi connectivity index (χ0n) is 6.79. The monoisotopic (exact) mass is 166 g/mol. The maximum absolute atomic E-state index is 4.00. The fraction of sp³-hybridized carbons (Fsp3) is 0.400. The van der Waals surface area contributed by atoms with E-state index in [-0.39, 0.29) is 0 Å². The average Bonchev–Trinajstić information content (AvgIpc) is 2.58. The fourth-order valence-electron chi connectivity index (χ4n) is 0.838. The van der Waals surface area contributed by atoms with Crippen molar-refractivity contribution in [3.63, 3.8) is 0 Å². The third-order valence-corrected chi connectivity index (χ3v) is 1.35. The highest BCUT2D eigenvalue weighted by Gasteiger charge is 2.11. The van der Waals surface area contributed by atoms with Crippen LogP contribution in [0.15, 0.2) is 12.7 Å². The summed E-state index contributed by atoms with van der Waals surface area (Å²) >= 11 is 0. The number of tetrazole rings is 1. The first-order valence-corrected chi connectivity index (χ1v) is 3.40. The molecule has 62 valence electrons. The van der Waals surface area contributed by atoms with Gasteiger partial charge in [0.15, 0.2) is 0 Å². The number of hydrogen-bond acceptors (Lipinski definition) is 4. The van der Waals surface area contributed by atoms with Crippen LogP contribution >= 0.6 is 0 Å². The zero-order chi connectivity index (χ0) is 8.55. The summed E-state index contributed by atoms with van der Waals surface area (Å²) in [4.78, 5) is 1.39. The van der Waals surface area contributed by atoms with Crippen LogP contribution < -0.4 is 4.57 Å². The van der Waals surface area contributed by atoms with E-state index in [1.54, 1.807) is 29.0 Å². The van der Waals surface area contributed by atoms with Crippen molar-refractivity contribution >= 4 is 0 Å². The Labute approximate surface area is 68.2 Å². The third-order valence-electron chi connectivity index (χ3n) is 1.35. The van der Waals surface area contributed by atoms with E-state index in [4.69, 9.17) is 0 Å². The molecule has 0 bridgehead atoms. The van der Waals surface area contributed by atoms with Crippen molar-refractivity contribution in [2.75, 3.05) is 0 Å². The summed E-state index contributed by atoms with van der Waals surface area (Å²) < 4.78 is 3.35. The topological polar surface area (TPSA) is 65.3 Å². The number of hydrogen-bond donors (Lipinski definition) is 0. The molecule has 0 aliphatic heterocycles. The second-order valence-corrected chi connectivity index (χ2v) is 2.44. The predicted octanol–water partition coefficient (Wildman–Crippen LogP) is -1.78. The van der Waals surface area contributed by atoms with Gasteiger partial charge in [-0.05, 0) is 9.90 Å². The molecule has 0 N–H and O–H groups in total. The molecular formula is C5H8N7+. The molecule has 0 fully saturated rings. The van der Waals surface area contributed by atoms with Gasteiger partial charge in [-0.15, -0.1) is 0 Å². The molecule has 0 radical (unpaired) electrons. The Morgan fingerprint density at radius 1 is 1.50 bits per heavy atom. The van der Waals surface area contributed by atoms with Gasteiger partial charge in [-0.3, -0.25) is 0 Å². The Hall–Kier alpha value is -1.79. The van der Waals surface area contributed by atoms with Gasteiger partial charge >= 0.3 is 5.95 Å². The summed E-state index contributed by atoms with van der Waals surface area (Å²) in [5.74, 6) is 0.470. The van der Waals surface area contributed by atoms with Crippen molar-refractivity contribution in [1.29, 1.82) is 0 Å². The average molecular weight is 166 g/mol. The molecule has 12 heavy (non-hydrogen) atoms. The smallest absolute Gasteiger partial charge is 0.240 e. The van der Waals surface area contributed by atoms with Crippen LogP contribution in [-0.4, -0.2) is 30.0 Å². The molecule has 0 atom stereocenters. The van der Waals surface area contributed by atoms with E-state index in [0.29, 0.717) is 5.95 Å². The summed E-state index contributed by atoms with van der Waals surface area (Å²) in [5, 5.41) is 15.5. The Bertz CT molecular complexity index is 348.